The molecule has 0 amide bonds. The summed E-state index contributed by atoms with van der Waals surface area (Å²) in [7, 11) is 0. The molecule has 19 heavy (non-hydrogen) atoms. The molecule has 2 aromatic carbocycles. The summed E-state index contributed by atoms with van der Waals surface area (Å²) >= 11 is 6.16. The van der Waals surface area contributed by atoms with Gasteiger partial charge < -0.3 is 4.57 Å². The van der Waals surface area contributed by atoms with Crippen molar-refractivity contribution >= 4 is 22.5 Å². The zero-order valence-electron chi connectivity index (χ0n) is 10.2. The van der Waals surface area contributed by atoms with E-state index < -0.39 is 0 Å². The van der Waals surface area contributed by atoms with E-state index in [9.17, 15) is 0 Å². The predicted molar refractivity (Wildman–Crippen MR) is 77.2 cm³/mol. The smallest absolute Gasteiger partial charge is 0.0991 e. The largest absolute Gasteiger partial charge is 0.343 e. The van der Waals surface area contributed by atoms with Gasteiger partial charge in [0.05, 0.1) is 11.6 Å². The second kappa shape index (κ2) is 4.79. The van der Waals surface area contributed by atoms with Crippen molar-refractivity contribution in [2.75, 3.05) is 0 Å². The summed E-state index contributed by atoms with van der Waals surface area (Å²) < 4.78 is 2.14. The van der Waals surface area contributed by atoms with Gasteiger partial charge >= 0.3 is 0 Å². The third kappa shape index (κ3) is 2.21. The van der Waals surface area contributed by atoms with Crippen molar-refractivity contribution in [2.45, 2.75) is 6.54 Å². The average Bonchev–Trinajstić information content (AvgIpc) is 2.84. The Morgan fingerprint density at radius 3 is 2.79 bits per heavy atom. The topological polar surface area (TPSA) is 28.7 Å². The molecule has 0 bridgehead atoms. The minimum absolute atomic E-state index is 0.687. The number of rotatable bonds is 2. The lowest BCUT2D eigenvalue weighted by Crippen LogP contribution is -1.97. The maximum absolute atomic E-state index is 8.92. The molecule has 0 radical (unpaired) electrons. The quantitative estimate of drug-likeness (QED) is 0.683. The van der Waals surface area contributed by atoms with Crippen LogP contribution in [-0.4, -0.2) is 4.57 Å². The van der Waals surface area contributed by atoms with Crippen LogP contribution in [0.4, 0.5) is 0 Å². The number of nitrogens with zero attached hydrogens (tertiary/aromatic N) is 2. The van der Waals surface area contributed by atoms with Gasteiger partial charge in [0.15, 0.2) is 0 Å². The van der Waals surface area contributed by atoms with Crippen LogP contribution in [-0.2, 0) is 6.54 Å². The second-order valence-corrected chi connectivity index (χ2v) is 4.84. The fourth-order valence-corrected chi connectivity index (χ4v) is 2.49. The molecule has 0 saturated carbocycles. The highest BCUT2D eigenvalue weighted by Crippen LogP contribution is 2.24. The van der Waals surface area contributed by atoms with E-state index in [4.69, 9.17) is 16.9 Å². The molecule has 1 aromatic heterocycles. The van der Waals surface area contributed by atoms with Crippen LogP contribution >= 0.6 is 11.6 Å². The van der Waals surface area contributed by atoms with Crippen molar-refractivity contribution in [1.82, 2.24) is 4.57 Å². The molecule has 0 aliphatic heterocycles. The maximum atomic E-state index is 8.92. The molecule has 0 aliphatic carbocycles. The first-order valence-electron chi connectivity index (χ1n) is 6.00. The van der Waals surface area contributed by atoms with Crippen LogP contribution in [0.2, 0.25) is 5.02 Å². The Hall–Kier alpha value is -2.24. The van der Waals surface area contributed by atoms with Crippen LogP contribution < -0.4 is 0 Å². The Kier molecular flexibility index (Phi) is 2.98. The average molecular weight is 267 g/mol. The third-order valence-electron chi connectivity index (χ3n) is 3.17. The summed E-state index contributed by atoms with van der Waals surface area (Å²) in [6, 6.07) is 17.7. The molecule has 0 spiro atoms. The molecule has 0 aliphatic rings. The molecule has 0 N–H and O–H groups in total. The molecule has 0 fully saturated rings. The van der Waals surface area contributed by atoms with E-state index in [-0.39, 0.29) is 0 Å². The second-order valence-electron chi connectivity index (χ2n) is 4.43. The molecular weight excluding hydrogens is 256 g/mol. The number of hydrogen-bond acceptors (Lipinski definition) is 1. The Bertz CT molecular complexity index is 781. The molecule has 92 valence electrons. The number of halogens is 1. The third-order valence-corrected chi connectivity index (χ3v) is 3.50. The van der Waals surface area contributed by atoms with Crippen molar-refractivity contribution in [3.63, 3.8) is 0 Å². The monoisotopic (exact) mass is 266 g/mol. The number of hydrogen-bond donors (Lipinski definition) is 0. The fraction of sp³-hybridized carbons (Fsp3) is 0.0625. The Balaban J connectivity index is 2.02. The van der Waals surface area contributed by atoms with Gasteiger partial charge in [0, 0.05) is 28.7 Å². The van der Waals surface area contributed by atoms with E-state index in [2.05, 4.69) is 16.7 Å². The lowest BCUT2D eigenvalue weighted by atomic mass is 10.1. The van der Waals surface area contributed by atoms with E-state index in [1.807, 2.05) is 48.7 Å². The van der Waals surface area contributed by atoms with Gasteiger partial charge in [-0.05, 0) is 35.9 Å². The van der Waals surface area contributed by atoms with Crippen LogP contribution in [0.1, 0.15) is 11.1 Å². The van der Waals surface area contributed by atoms with E-state index in [1.54, 1.807) is 0 Å². The summed E-state index contributed by atoms with van der Waals surface area (Å²) in [5.74, 6) is 0. The highest BCUT2D eigenvalue weighted by atomic mass is 35.5. The van der Waals surface area contributed by atoms with Gasteiger partial charge in [0.2, 0.25) is 0 Å². The highest BCUT2D eigenvalue weighted by molar-refractivity contribution is 6.35. The zero-order valence-corrected chi connectivity index (χ0v) is 10.9. The van der Waals surface area contributed by atoms with E-state index in [1.165, 1.54) is 0 Å². The van der Waals surface area contributed by atoms with Crippen molar-refractivity contribution in [1.29, 1.82) is 5.26 Å². The lowest BCUT2D eigenvalue weighted by Gasteiger charge is -2.06. The van der Waals surface area contributed by atoms with Gasteiger partial charge in [0.1, 0.15) is 0 Å². The first kappa shape index (κ1) is 11.8. The molecule has 1 heterocycles. The number of fused-ring (bicyclic) bond motifs is 1. The van der Waals surface area contributed by atoms with Crippen molar-refractivity contribution in [3.8, 4) is 6.07 Å². The molecule has 2 nitrogen and oxygen atoms in total. The minimum Gasteiger partial charge on any atom is -0.343 e. The molecule has 3 heteroatoms. The molecule has 0 atom stereocenters. The van der Waals surface area contributed by atoms with Crippen molar-refractivity contribution < 1.29 is 0 Å². The molecule has 0 unspecified atom stereocenters. The fourth-order valence-electron chi connectivity index (χ4n) is 2.26. The Labute approximate surface area is 116 Å². The van der Waals surface area contributed by atoms with Gasteiger partial charge in [-0.2, -0.15) is 5.26 Å². The van der Waals surface area contributed by atoms with E-state index in [0.29, 0.717) is 5.56 Å². The standard InChI is InChI=1S/C16H11ClN2/c17-15-5-2-6-16-14(15)7-8-19(16)11-13-4-1-3-12(9-13)10-18/h1-9H,11H2. The predicted octanol–water partition coefficient (Wildman–Crippen LogP) is 4.21. The zero-order chi connectivity index (χ0) is 13.2. The molecular formula is C16H11ClN2. The first-order chi connectivity index (χ1) is 9.28. The van der Waals surface area contributed by atoms with Crippen LogP contribution in [0.3, 0.4) is 0 Å². The van der Waals surface area contributed by atoms with Gasteiger partial charge in [0.25, 0.3) is 0 Å². The molecule has 0 saturated heterocycles. The lowest BCUT2D eigenvalue weighted by molar-refractivity contribution is 0.836. The summed E-state index contributed by atoms with van der Waals surface area (Å²) in [6.07, 6.45) is 2.02. The van der Waals surface area contributed by atoms with Gasteiger partial charge in [-0.3, -0.25) is 0 Å². The van der Waals surface area contributed by atoms with Crippen LogP contribution in [0.25, 0.3) is 10.9 Å². The maximum Gasteiger partial charge on any atom is 0.0991 e. The van der Waals surface area contributed by atoms with Gasteiger partial charge in [-0.25, -0.2) is 0 Å². The van der Waals surface area contributed by atoms with Crippen molar-refractivity contribution in [2.24, 2.45) is 0 Å². The van der Waals surface area contributed by atoms with Gasteiger partial charge in [-0.1, -0.05) is 29.8 Å². The van der Waals surface area contributed by atoms with E-state index in [0.717, 1.165) is 28.0 Å². The number of aromatic nitrogens is 1. The normalized spacial score (nSPS) is 10.5. The number of benzene rings is 2. The summed E-state index contributed by atoms with van der Waals surface area (Å²) in [5.41, 5.74) is 2.90. The van der Waals surface area contributed by atoms with Crippen LogP contribution in [0, 0.1) is 11.3 Å². The van der Waals surface area contributed by atoms with Crippen molar-refractivity contribution in [3.05, 3.63) is 70.9 Å². The first-order valence-corrected chi connectivity index (χ1v) is 6.38. The summed E-state index contributed by atoms with van der Waals surface area (Å²) in [5, 5.41) is 10.7. The summed E-state index contributed by atoms with van der Waals surface area (Å²) in [6.45, 7) is 0.735. The Morgan fingerprint density at radius 2 is 1.95 bits per heavy atom. The summed E-state index contributed by atoms with van der Waals surface area (Å²) in [4.78, 5) is 0. The highest BCUT2D eigenvalue weighted by Gasteiger charge is 2.04. The number of nitriles is 1. The van der Waals surface area contributed by atoms with Crippen LogP contribution in [0.15, 0.2) is 54.7 Å². The van der Waals surface area contributed by atoms with Gasteiger partial charge in [-0.15, -0.1) is 0 Å². The van der Waals surface area contributed by atoms with E-state index >= 15 is 0 Å². The van der Waals surface area contributed by atoms with Crippen LogP contribution in [0.5, 0.6) is 0 Å². The SMILES string of the molecule is N#Cc1cccc(Cn2ccc3c(Cl)cccc32)c1. The molecule has 3 rings (SSSR count). The minimum atomic E-state index is 0.687. The molecule has 3 aromatic rings. The Morgan fingerprint density at radius 1 is 1.11 bits per heavy atom.